The molecular formula is C20H22N4O3S2. The van der Waals surface area contributed by atoms with E-state index in [1.165, 1.54) is 32.8 Å². The summed E-state index contributed by atoms with van der Waals surface area (Å²) >= 11 is 1.37. The Morgan fingerprint density at radius 3 is 2.48 bits per heavy atom. The summed E-state index contributed by atoms with van der Waals surface area (Å²) in [6.45, 7) is 2.92. The number of amides is 1. The minimum absolute atomic E-state index is 0.147. The van der Waals surface area contributed by atoms with Crippen LogP contribution in [0.1, 0.15) is 29.0 Å². The largest absolute Gasteiger partial charge is 0.345 e. The van der Waals surface area contributed by atoms with Crippen LogP contribution in [0, 0.1) is 6.92 Å². The zero-order valence-corrected chi connectivity index (χ0v) is 17.9. The Labute approximate surface area is 174 Å². The molecule has 7 nitrogen and oxygen atoms in total. The van der Waals surface area contributed by atoms with Gasteiger partial charge in [-0.3, -0.25) is 9.69 Å². The van der Waals surface area contributed by atoms with Crippen molar-refractivity contribution < 1.29 is 13.2 Å². The molecule has 29 heavy (non-hydrogen) atoms. The van der Waals surface area contributed by atoms with Gasteiger partial charge in [0.1, 0.15) is 10.6 Å². The monoisotopic (exact) mass is 430 g/mol. The first-order valence-corrected chi connectivity index (χ1v) is 11.7. The molecule has 9 heteroatoms. The maximum Gasteiger partial charge on any atom is 0.281 e. The smallest absolute Gasteiger partial charge is 0.281 e. The molecule has 0 radical (unpaired) electrons. The van der Waals surface area contributed by atoms with E-state index in [1.807, 2.05) is 42.6 Å². The topological polar surface area (TPSA) is 75.5 Å². The minimum atomic E-state index is -3.60. The lowest BCUT2D eigenvalue weighted by Gasteiger charge is -2.20. The Bertz CT molecular complexity index is 1130. The fourth-order valence-electron chi connectivity index (χ4n) is 3.42. The van der Waals surface area contributed by atoms with E-state index in [2.05, 4.69) is 4.98 Å². The van der Waals surface area contributed by atoms with Gasteiger partial charge in [0.05, 0.1) is 11.4 Å². The number of hydrogen-bond acceptors (Lipinski definition) is 5. The molecule has 1 fully saturated rings. The highest BCUT2D eigenvalue weighted by molar-refractivity contribution is 7.89. The molecule has 1 aromatic carbocycles. The van der Waals surface area contributed by atoms with E-state index in [1.54, 1.807) is 11.6 Å². The van der Waals surface area contributed by atoms with Crippen molar-refractivity contribution in [3.63, 3.8) is 0 Å². The van der Waals surface area contributed by atoms with Gasteiger partial charge in [0.15, 0.2) is 5.13 Å². The van der Waals surface area contributed by atoms with Gasteiger partial charge in [-0.15, -0.1) is 11.3 Å². The molecule has 4 rings (SSSR count). The molecule has 3 heterocycles. The molecule has 0 unspecified atom stereocenters. The number of carbonyl (C=O) groups excluding carboxylic acids is 1. The van der Waals surface area contributed by atoms with E-state index in [0.717, 1.165) is 18.5 Å². The van der Waals surface area contributed by atoms with Gasteiger partial charge < -0.3 is 4.57 Å². The van der Waals surface area contributed by atoms with Crippen LogP contribution in [-0.4, -0.2) is 41.3 Å². The third kappa shape index (κ3) is 3.73. The van der Waals surface area contributed by atoms with Gasteiger partial charge >= 0.3 is 0 Å². The van der Waals surface area contributed by atoms with Crippen LogP contribution in [0.3, 0.4) is 0 Å². The first-order valence-electron chi connectivity index (χ1n) is 9.36. The van der Waals surface area contributed by atoms with Gasteiger partial charge in [-0.25, -0.2) is 13.4 Å². The van der Waals surface area contributed by atoms with Crippen LogP contribution in [0.2, 0.25) is 0 Å². The Kier molecular flexibility index (Phi) is 5.28. The second-order valence-electron chi connectivity index (χ2n) is 7.03. The van der Waals surface area contributed by atoms with Crippen LogP contribution >= 0.6 is 11.3 Å². The van der Waals surface area contributed by atoms with Crippen molar-refractivity contribution in [2.24, 2.45) is 7.05 Å². The number of hydrogen-bond donors (Lipinski definition) is 0. The van der Waals surface area contributed by atoms with Crippen molar-refractivity contribution in [3.8, 4) is 0 Å². The Morgan fingerprint density at radius 1 is 1.17 bits per heavy atom. The second kappa shape index (κ2) is 7.74. The van der Waals surface area contributed by atoms with Crippen molar-refractivity contribution in [3.05, 3.63) is 59.4 Å². The lowest BCUT2D eigenvalue weighted by molar-refractivity contribution is 0.0991. The fraction of sp³-hybridized carbons (Fsp3) is 0.300. The van der Waals surface area contributed by atoms with E-state index in [-0.39, 0.29) is 10.8 Å². The third-order valence-corrected chi connectivity index (χ3v) is 7.73. The summed E-state index contributed by atoms with van der Waals surface area (Å²) in [6.07, 6.45) is 3.24. The Morgan fingerprint density at radius 2 is 1.86 bits per heavy atom. The van der Waals surface area contributed by atoms with Crippen LogP contribution in [-0.2, 0) is 17.1 Å². The molecule has 1 aliphatic heterocycles. The number of para-hydroxylation sites is 1. The third-order valence-electron chi connectivity index (χ3n) is 4.92. The van der Waals surface area contributed by atoms with Crippen molar-refractivity contribution in [1.29, 1.82) is 0 Å². The summed E-state index contributed by atoms with van der Waals surface area (Å²) in [7, 11) is -1.91. The average Bonchev–Trinajstić information content (AvgIpc) is 3.44. The van der Waals surface area contributed by atoms with Gasteiger partial charge in [-0.05, 0) is 38.0 Å². The predicted molar refractivity (Wildman–Crippen MR) is 113 cm³/mol. The molecule has 1 aliphatic rings. The highest BCUT2D eigenvalue weighted by Gasteiger charge is 2.31. The summed E-state index contributed by atoms with van der Waals surface area (Å²) < 4.78 is 28.9. The molecule has 0 bridgehead atoms. The second-order valence-corrected chi connectivity index (χ2v) is 9.81. The molecule has 0 N–H and O–H groups in total. The minimum Gasteiger partial charge on any atom is -0.345 e. The summed E-state index contributed by atoms with van der Waals surface area (Å²) in [5.74, 6) is -0.323. The molecule has 0 aliphatic carbocycles. The molecule has 0 saturated carbocycles. The molecule has 1 saturated heterocycles. The van der Waals surface area contributed by atoms with E-state index in [0.29, 0.717) is 29.6 Å². The van der Waals surface area contributed by atoms with Crippen molar-refractivity contribution in [1.82, 2.24) is 13.9 Å². The Hall–Kier alpha value is -2.49. The van der Waals surface area contributed by atoms with Crippen molar-refractivity contribution in [2.75, 3.05) is 18.0 Å². The quantitative estimate of drug-likeness (QED) is 0.620. The highest BCUT2D eigenvalue weighted by Crippen LogP contribution is 2.31. The number of aryl methyl sites for hydroxylation is 2. The lowest BCUT2D eigenvalue weighted by Crippen LogP contribution is -2.28. The number of aromatic nitrogens is 2. The summed E-state index contributed by atoms with van der Waals surface area (Å²) in [6, 6.07) is 10.7. The zero-order chi connectivity index (χ0) is 20.6. The number of carbonyl (C=O) groups is 1. The van der Waals surface area contributed by atoms with Gasteiger partial charge in [0.2, 0.25) is 10.0 Å². The lowest BCUT2D eigenvalue weighted by atomic mass is 10.2. The maximum atomic E-state index is 13.5. The molecule has 152 valence electrons. The first-order chi connectivity index (χ1) is 13.9. The van der Waals surface area contributed by atoms with Crippen molar-refractivity contribution in [2.45, 2.75) is 24.7 Å². The summed E-state index contributed by atoms with van der Waals surface area (Å²) in [4.78, 5) is 19.6. The van der Waals surface area contributed by atoms with E-state index in [9.17, 15) is 13.2 Å². The normalized spacial score (nSPS) is 15.0. The molecule has 3 aromatic rings. The molecule has 0 atom stereocenters. The number of thiazole rings is 1. The van der Waals surface area contributed by atoms with Crippen LogP contribution in [0.15, 0.2) is 52.9 Å². The van der Waals surface area contributed by atoms with Gasteiger partial charge in [-0.1, -0.05) is 18.2 Å². The number of anilines is 2. The van der Waals surface area contributed by atoms with Crippen LogP contribution in [0.5, 0.6) is 0 Å². The summed E-state index contributed by atoms with van der Waals surface area (Å²) in [5.41, 5.74) is 1.79. The van der Waals surface area contributed by atoms with Crippen LogP contribution < -0.4 is 4.90 Å². The SMILES string of the molecule is Cc1csc(N(C(=O)c2cc(S(=O)(=O)N3CCCC3)cn2C)c2ccccc2)n1. The number of rotatable bonds is 5. The van der Waals surface area contributed by atoms with Crippen LogP contribution in [0.4, 0.5) is 10.8 Å². The molecule has 2 aromatic heterocycles. The number of benzene rings is 1. The van der Waals surface area contributed by atoms with E-state index < -0.39 is 10.0 Å². The summed E-state index contributed by atoms with van der Waals surface area (Å²) in [5, 5.41) is 2.43. The average molecular weight is 431 g/mol. The number of nitrogens with zero attached hydrogens (tertiary/aromatic N) is 4. The zero-order valence-electron chi connectivity index (χ0n) is 16.3. The van der Waals surface area contributed by atoms with Crippen LogP contribution in [0.25, 0.3) is 0 Å². The van der Waals surface area contributed by atoms with E-state index in [4.69, 9.17) is 0 Å². The maximum absolute atomic E-state index is 13.5. The van der Waals surface area contributed by atoms with E-state index >= 15 is 0 Å². The molecular weight excluding hydrogens is 408 g/mol. The fourth-order valence-corrected chi connectivity index (χ4v) is 5.82. The van der Waals surface area contributed by atoms with Gasteiger partial charge in [0, 0.05) is 31.7 Å². The number of sulfonamides is 1. The Balaban J connectivity index is 1.75. The highest BCUT2D eigenvalue weighted by atomic mass is 32.2. The first kappa shape index (κ1) is 19.8. The molecule has 1 amide bonds. The standard InChI is InChI=1S/C20H22N4O3S2/c1-15-14-28-20(21-15)24(16-8-4-3-5-9-16)19(25)18-12-17(13-22(18)2)29(26,27)23-10-6-7-11-23/h3-5,8-9,12-14H,6-7,10-11H2,1-2H3. The van der Waals surface area contributed by atoms with Gasteiger partial charge in [0.25, 0.3) is 5.91 Å². The predicted octanol–water partition coefficient (Wildman–Crippen LogP) is 3.55. The molecule has 0 spiro atoms. The van der Waals surface area contributed by atoms with Gasteiger partial charge in [-0.2, -0.15) is 4.31 Å². The van der Waals surface area contributed by atoms with Crippen molar-refractivity contribution >= 4 is 38.1 Å².